The number of fused-ring (bicyclic) bond motifs is 2. The quantitative estimate of drug-likeness (QED) is 0.858. The van der Waals surface area contributed by atoms with Gasteiger partial charge in [0.2, 0.25) is 0 Å². The zero-order valence-electron chi connectivity index (χ0n) is 10.5. The van der Waals surface area contributed by atoms with E-state index in [1.807, 2.05) is 4.90 Å². The van der Waals surface area contributed by atoms with Crippen LogP contribution >= 0.6 is 11.6 Å². The smallest absolute Gasteiger partial charge is 0.255 e. The van der Waals surface area contributed by atoms with Gasteiger partial charge in [0.1, 0.15) is 5.82 Å². The molecule has 5 heteroatoms. The van der Waals surface area contributed by atoms with Gasteiger partial charge in [-0.3, -0.25) is 4.79 Å². The lowest BCUT2D eigenvalue weighted by Crippen LogP contribution is -2.39. The molecular weight excluding hydrogens is 267 g/mol. The average molecular weight is 283 g/mol. The first-order valence-electron chi connectivity index (χ1n) is 6.64. The zero-order valence-corrected chi connectivity index (χ0v) is 11.3. The van der Waals surface area contributed by atoms with Gasteiger partial charge in [-0.15, -0.1) is 0 Å². The number of nitrogens with one attached hydrogen (secondary N) is 1. The summed E-state index contributed by atoms with van der Waals surface area (Å²) >= 11 is 5.96. The Kier molecular flexibility index (Phi) is 3.46. The third kappa shape index (κ3) is 2.60. The molecule has 2 unspecified atom stereocenters. The molecule has 3 rings (SSSR count). The molecule has 0 spiro atoms. The molecule has 2 heterocycles. The van der Waals surface area contributed by atoms with Crippen molar-refractivity contribution in [3.8, 4) is 0 Å². The molecule has 0 aliphatic carbocycles. The summed E-state index contributed by atoms with van der Waals surface area (Å²) in [6.45, 7) is 1.45. The van der Waals surface area contributed by atoms with Gasteiger partial charge in [-0.2, -0.15) is 0 Å². The van der Waals surface area contributed by atoms with E-state index >= 15 is 0 Å². The van der Waals surface area contributed by atoms with Crippen molar-refractivity contribution in [2.24, 2.45) is 0 Å². The van der Waals surface area contributed by atoms with Gasteiger partial charge in [-0.05, 0) is 37.5 Å². The van der Waals surface area contributed by atoms with Crippen LogP contribution in [0.3, 0.4) is 0 Å². The van der Waals surface area contributed by atoms with Gasteiger partial charge < -0.3 is 10.2 Å². The molecule has 2 saturated heterocycles. The normalized spacial score (nSPS) is 26.3. The zero-order chi connectivity index (χ0) is 13.4. The van der Waals surface area contributed by atoms with Crippen molar-refractivity contribution in [3.63, 3.8) is 0 Å². The van der Waals surface area contributed by atoms with Gasteiger partial charge >= 0.3 is 0 Å². The van der Waals surface area contributed by atoms with E-state index < -0.39 is 5.82 Å². The molecule has 2 aliphatic rings. The highest BCUT2D eigenvalue weighted by Gasteiger charge is 2.31. The Labute approximate surface area is 116 Å². The lowest BCUT2D eigenvalue weighted by Gasteiger charge is -2.24. The molecule has 2 fully saturated rings. The first kappa shape index (κ1) is 12.9. The molecule has 1 amide bonds. The van der Waals surface area contributed by atoms with Crippen molar-refractivity contribution in [3.05, 3.63) is 34.6 Å². The molecule has 19 heavy (non-hydrogen) atoms. The van der Waals surface area contributed by atoms with E-state index in [0.29, 0.717) is 24.2 Å². The molecule has 1 N–H and O–H groups in total. The van der Waals surface area contributed by atoms with E-state index in [-0.39, 0.29) is 10.9 Å². The second kappa shape index (κ2) is 5.10. The summed E-state index contributed by atoms with van der Waals surface area (Å²) in [6, 6.07) is 4.86. The maximum absolute atomic E-state index is 13.0. The van der Waals surface area contributed by atoms with E-state index in [4.69, 9.17) is 11.6 Å². The third-order valence-electron chi connectivity index (χ3n) is 3.97. The fraction of sp³-hybridized carbons (Fsp3) is 0.500. The molecule has 0 radical (unpaired) electrons. The predicted molar refractivity (Wildman–Crippen MR) is 71.9 cm³/mol. The second-order valence-corrected chi connectivity index (χ2v) is 5.71. The summed E-state index contributed by atoms with van der Waals surface area (Å²) in [5, 5.41) is 3.71. The van der Waals surface area contributed by atoms with E-state index in [9.17, 15) is 9.18 Å². The number of benzene rings is 1. The van der Waals surface area contributed by atoms with Crippen molar-refractivity contribution in [2.45, 2.75) is 31.3 Å². The van der Waals surface area contributed by atoms with Crippen molar-refractivity contribution < 1.29 is 9.18 Å². The first-order valence-corrected chi connectivity index (χ1v) is 7.01. The highest BCUT2D eigenvalue weighted by Crippen LogP contribution is 2.24. The van der Waals surface area contributed by atoms with Gasteiger partial charge in [0.05, 0.1) is 10.6 Å². The van der Waals surface area contributed by atoms with Crippen LogP contribution in [0.2, 0.25) is 5.02 Å². The van der Waals surface area contributed by atoms with E-state index in [1.165, 1.54) is 24.6 Å². The van der Waals surface area contributed by atoms with E-state index in [0.717, 1.165) is 19.4 Å². The molecule has 1 aromatic carbocycles. The van der Waals surface area contributed by atoms with Crippen LogP contribution in [0.15, 0.2) is 18.2 Å². The van der Waals surface area contributed by atoms with Crippen LogP contribution in [0, 0.1) is 5.82 Å². The van der Waals surface area contributed by atoms with Gasteiger partial charge in [0.25, 0.3) is 5.91 Å². The maximum Gasteiger partial charge on any atom is 0.255 e. The Balaban J connectivity index is 1.79. The largest absolute Gasteiger partial charge is 0.337 e. The van der Waals surface area contributed by atoms with Crippen LogP contribution in [0.25, 0.3) is 0 Å². The van der Waals surface area contributed by atoms with Crippen LogP contribution < -0.4 is 5.32 Å². The number of amides is 1. The number of hydrogen-bond donors (Lipinski definition) is 1. The molecular formula is C14H16ClFN2O. The molecule has 1 aromatic rings. The fourth-order valence-electron chi connectivity index (χ4n) is 2.96. The predicted octanol–water partition coefficient (Wildman–Crippen LogP) is 2.45. The molecule has 2 bridgehead atoms. The SMILES string of the molecule is O=C(c1ccc(F)cc1Cl)N1CCC2CCC(C1)N2. The van der Waals surface area contributed by atoms with Gasteiger partial charge in [-0.25, -0.2) is 4.39 Å². The topological polar surface area (TPSA) is 32.3 Å². The molecule has 0 aromatic heterocycles. The Morgan fingerprint density at radius 1 is 1.32 bits per heavy atom. The number of nitrogens with zero attached hydrogens (tertiary/aromatic N) is 1. The Bertz CT molecular complexity index is 508. The van der Waals surface area contributed by atoms with Crippen LogP contribution in [0.5, 0.6) is 0 Å². The maximum atomic E-state index is 13.0. The number of hydrogen-bond acceptors (Lipinski definition) is 2. The minimum atomic E-state index is -0.418. The minimum Gasteiger partial charge on any atom is -0.337 e. The number of carbonyl (C=O) groups excluding carboxylic acids is 1. The average Bonchev–Trinajstić information content (AvgIpc) is 2.68. The summed E-state index contributed by atoms with van der Waals surface area (Å²) in [5.74, 6) is -0.516. The Morgan fingerprint density at radius 3 is 2.89 bits per heavy atom. The highest BCUT2D eigenvalue weighted by atomic mass is 35.5. The van der Waals surface area contributed by atoms with Crippen molar-refractivity contribution >= 4 is 17.5 Å². The van der Waals surface area contributed by atoms with Gasteiger partial charge in [0, 0.05) is 25.2 Å². The molecule has 2 atom stereocenters. The van der Waals surface area contributed by atoms with Crippen LogP contribution in [-0.4, -0.2) is 36.0 Å². The summed E-state index contributed by atoms with van der Waals surface area (Å²) in [7, 11) is 0. The lowest BCUT2D eigenvalue weighted by atomic mass is 10.1. The molecule has 102 valence electrons. The van der Waals surface area contributed by atoms with Crippen molar-refractivity contribution in [2.75, 3.05) is 13.1 Å². The minimum absolute atomic E-state index is 0.0978. The molecule has 3 nitrogen and oxygen atoms in total. The monoisotopic (exact) mass is 282 g/mol. The first-order chi connectivity index (χ1) is 9.13. The van der Waals surface area contributed by atoms with Crippen molar-refractivity contribution in [1.29, 1.82) is 0 Å². The van der Waals surface area contributed by atoms with Crippen LogP contribution in [-0.2, 0) is 0 Å². The summed E-state index contributed by atoms with van der Waals surface area (Å²) in [5.41, 5.74) is 0.390. The van der Waals surface area contributed by atoms with E-state index in [2.05, 4.69) is 5.32 Å². The number of halogens is 2. The molecule has 0 saturated carbocycles. The number of rotatable bonds is 1. The van der Waals surface area contributed by atoms with Crippen LogP contribution in [0.4, 0.5) is 4.39 Å². The van der Waals surface area contributed by atoms with Gasteiger partial charge in [-0.1, -0.05) is 11.6 Å². The molecule has 2 aliphatic heterocycles. The Hall–Kier alpha value is -1.13. The second-order valence-electron chi connectivity index (χ2n) is 5.30. The Morgan fingerprint density at radius 2 is 2.11 bits per heavy atom. The van der Waals surface area contributed by atoms with Gasteiger partial charge in [0.15, 0.2) is 0 Å². The summed E-state index contributed by atoms with van der Waals surface area (Å²) in [4.78, 5) is 14.3. The van der Waals surface area contributed by atoms with Crippen molar-refractivity contribution in [1.82, 2.24) is 10.2 Å². The highest BCUT2D eigenvalue weighted by molar-refractivity contribution is 6.33. The number of carbonyl (C=O) groups is 1. The standard InChI is InChI=1S/C14H16ClFN2O/c15-13-7-9(16)1-4-12(13)14(19)18-6-5-10-2-3-11(8-18)17-10/h1,4,7,10-11,17H,2-3,5-6,8H2. The summed E-state index contributed by atoms with van der Waals surface area (Å²) in [6.07, 6.45) is 3.29. The fourth-order valence-corrected chi connectivity index (χ4v) is 3.21. The lowest BCUT2D eigenvalue weighted by molar-refractivity contribution is 0.0748. The summed E-state index contributed by atoms with van der Waals surface area (Å²) < 4.78 is 13.0. The van der Waals surface area contributed by atoms with Crippen LogP contribution in [0.1, 0.15) is 29.6 Å². The third-order valence-corrected chi connectivity index (χ3v) is 4.28. The van der Waals surface area contributed by atoms with E-state index in [1.54, 1.807) is 0 Å². The number of likely N-dealkylation sites (tertiary alicyclic amines) is 1.